The highest BCUT2D eigenvalue weighted by molar-refractivity contribution is 7.99. The van der Waals surface area contributed by atoms with Crippen LogP contribution in [0.2, 0.25) is 0 Å². The molecule has 0 aliphatic carbocycles. The molecule has 3 heterocycles. The maximum Gasteiger partial charge on any atom is 0.341 e. The molecule has 2 aromatic carbocycles. The van der Waals surface area contributed by atoms with Crippen LogP contribution in [0.25, 0.3) is 11.1 Å². The number of oxazole rings is 1. The summed E-state index contributed by atoms with van der Waals surface area (Å²) in [6.07, 6.45) is 0.487. The zero-order chi connectivity index (χ0) is 24.4. The molecular formula is C25H22N2O6S2. The van der Waals surface area contributed by atoms with Gasteiger partial charge in [-0.25, -0.2) is 9.78 Å². The Morgan fingerprint density at radius 3 is 2.83 bits per heavy atom. The fourth-order valence-electron chi connectivity index (χ4n) is 3.76. The molecule has 0 atom stereocenters. The van der Waals surface area contributed by atoms with E-state index in [0.29, 0.717) is 39.3 Å². The normalized spacial score (nSPS) is 12.2. The third-order valence-electron chi connectivity index (χ3n) is 5.36. The van der Waals surface area contributed by atoms with Crippen LogP contribution in [0.5, 0.6) is 11.5 Å². The van der Waals surface area contributed by atoms with Gasteiger partial charge in [-0.3, -0.25) is 4.79 Å². The van der Waals surface area contributed by atoms with E-state index in [-0.39, 0.29) is 25.1 Å². The number of ether oxygens (including phenoxy) is 3. The summed E-state index contributed by atoms with van der Waals surface area (Å²) in [6.45, 7) is 4.11. The number of amides is 1. The van der Waals surface area contributed by atoms with E-state index >= 15 is 0 Å². The average molecular weight is 511 g/mol. The molecule has 5 rings (SSSR count). The Bertz CT molecular complexity index is 1380. The molecule has 2 aromatic heterocycles. The van der Waals surface area contributed by atoms with Crippen molar-refractivity contribution in [2.75, 3.05) is 24.5 Å². The number of benzene rings is 2. The lowest BCUT2D eigenvalue weighted by Gasteiger charge is -2.09. The number of hydrogen-bond donors (Lipinski definition) is 1. The molecule has 0 radical (unpaired) electrons. The molecule has 10 heteroatoms. The van der Waals surface area contributed by atoms with Crippen LogP contribution in [0.1, 0.15) is 33.3 Å². The Morgan fingerprint density at radius 2 is 2.00 bits per heavy atom. The van der Waals surface area contributed by atoms with Crippen molar-refractivity contribution < 1.29 is 28.2 Å². The van der Waals surface area contributed by atoms with Crippen molar-refractivity contribution in [2.24, 2.45) is 0 Å². The number of carbonyl (C=O) groups excluding carboxylic acids is 2. The van der Waals surface area contributed by atoms with E-state index in [1.807, 2.05) is 49.4 Å². The number of carbonyl (C=O) groups is 2. The van der Waals surface area contributed by atoms with E-state index in [1.165, 1.54) is 23.1 Å². The first kappa shape index (κ1) is 23.3. The van der Waals surface area contributed by atoms with E-state index in [0.717, 1.165) is 21.5 Å². The van der Waals surface area contributed by atoms with Crippen LogP contribution >= 0.6 is 23.1 Å². The number of hydrogen-bond acceptors (Lipinski definition) is 9. The molecule has 1 N–H and O–H groups in total. The van der Waals surface area contributed by atoms with Gasteiger partial charge in [-0.1, -0.05) is 30.0 Å². The largest absolute Gasteiger partial charge is 0.462 e. The molecular weight excluding hydrogens is 488 g/mol. The predicted molar refractivity (Wildman–Crippen MR) is 134 cm³/mol. The van der Waals surface area contributed by atoms with Crippen molar-refractivity contribution in [3.05, 3.63) is 64.0 Å². The Labute approximate surface area is 209 Å². The highest BCUT2D eigenvalue weighted by atomic mass is 32.2. The number of aryl methyl sites for hydroxylation is 1. The summed E-state index contributed by atoms with van der Waals surface area (Å²) in [4.78, 5) is 31.0. The molecule has 0 spiro atoms. The minimum atomic E-state index is -0.463. The minimum Gasteiger partial charge on any atom is -0.462 e. The quantitative estimate of drug-likeness (QED) is 0.248. The first-order valence-electron chi connectivity index (χ1n) is 11.0. The highest BCUT2D eigenvalue weighted by Crippen LogP contribution is 2.38. The predicted octanol–water partition coefficient (Wildman–Crippen LogP) is 5.42. The minimum absolute atomic E-state index is 0.0868. The number of fused-ring (bicyclic) bond motifs is 2. The number of esters is 1. The summed E-state index contributed by atoms with van der Waals surface area (Å²) < 4.78 is 21.9. The molecule has 4 aromatic rings. The topological polar surface area (TPSA) is 99.9 Å². The Balaban J connectivity index is 1.34. The van der Waals surface area contributed by atoms with Crippen molar-refractivity contribution >= 4 is 51.1 Å². The van der Waals surface area contributed by atoms with Gasteiger partial charge in [-0.2, -0.15) is 0 Å². The molecule has 180 valence electrons. The van der Waals surface area contributed by atoms with Gasteiger partial charge in [0.2, 0.25) is 12.7 Å². The maximum atomic E-state index is 12.9. The summed E-state index contributed by atoms with van der Waals surface area (Å²) >= 11 is 2.55. The van der Waals surface area contributed by atoms with Crippen molar-refractivity contribution in [1.82, 2.24) is 4.98 Å². The molecule has 1 amide bonds. The number of nitrogens with one attached hydrogen (secondary N) is 1. The van der Waals surface area contributed by atoms with Gasteiger partial charge in [-0.15, -0.1) is 11.3 Å². The smallest absolute Gasteiger partial charge is 0.341 e. The molecule has 8 nitrogen and oxygen atoms in total. The van der Waals surface area contributed by atoms with E-state index in [4.69, 9.17) is 18.6 Å². The Hall–Kier alpha value is -3.50. The number of aromatic nitrogens is 1. The molecule has 1 aliphatic heterocycles. The molecule has 0 saturated heterocycles. The lowest BCUT2D eigenvalue weighted by Crippen LogP contribution is -2.17. The van der Waals surface area contributed by atoms with Crippen molar-refractivity contribution in [2.45, 2.75) is 25.5 Å². The second-order valence-electron chi connectivity index (χ2n) is 7.71. The lowest BCUT2D eigenvalue weighted by atomic mass is 10.0. The Morgan fingerprint density at radius 1 is 1.17 bits per heavy atom. The lowest BCUT2D eigenvalue weighted by molar-refractivity contribution is -0.113. The number of para-hydroxylation sites is 2. The number of thiophene rings is 1. The van der Waals surface area contributed by atoms with Gasteiger partial charge < -0.3 is 23.9 Å². The van der Waals surface area contributed by atoms with Crippen molar-refractivity contribution in [1.29, 1.82) is 0 Å². The van der Waals surface area contributed by atoms with Crippen LogP contribution in [0.4, 0.5) is 5.00 Å². The van der Waals surface area contributed by atoms with Gasteiger partial charge in [-0.05, 0) is 55.7 Å². The summed E-state index contributed by atoms with van der Waals surface area (Å²) in [5.41, 5.74) is 3.57. The first-order valence-corrected chi connectivity index (χ1v) is 12.8. The van der Waals surface area contributed by atoms with Crippen molar-refractivity contribution in [3.8, 4) is 11.5 Å². The summed E-state index contributed by atoms with van der Waals surface area (Å²) in [5, 5.41) is 3.77. The van der Waals surface area contributed by atoms with Crippen LogP contribution in [-0.4, -0.2) is 36.0 Å². The fourth-order valence-corrected chi connectivity index (χ4v) is 5.47. The molecule has 35 heavy (non-hydrogen) atoms. The van der Waals surface area contributed by atoms with E-state index < -0.39 is 5.97 Å². The molecule has 0 bridgehead atoms. The number of rotatable bonds is 8. The zero-order valence-corrected chi connectivity index (χ0v) is 20.7. The highest BCUT2D eigenvalue weighted by Gasteiger charge is 2.25. The first-order chi connectivity index (χ1) is 17.0. The fraction of sp³-hybridized carbons (Fsp3) is 0.240. The number of nitrogens with zero attached hydrogens (tertiary/aromatic N) is 1. The summed E-state index contributed by atoms with van der Waals surface area (Å²) in [6, 6.07) is 13.1. The molecule has 1 aliphatic rings. The van der Waals surface area contributed by atoms with E-state index in [2.05, 4.69) is 10.3 Å². The van der Waals surface area contributed by atoms with Gasteiger partial charge >= 0.3 is 5.97 Å². The standard InChI is InChI=1S/C25H22N2O6S2/c1-3-30-24(29)22-16(10-15-8-9-19-20(11-15)32-13-31-19)14(2)35-23(22)27-21(28)12-34-25-26-17-6-4-5-7-18(17)33-25/h4-9,11H,3,10,12-13H2,1-2H3,(H,27,28). The summed E-state index contributed by atoms with van der Waals surface area (Å²) in [7, 11) is 0. The van der Waals surface area contributed by atoms with Crippen LogP contribution < -0.4 is 14.8 Å². The Kier molecular flexibility index (Phi) is 6.65. The summed E-state index contributed by atoms with van der Waals surface area (Å²) in [5.74, 6) is 0.737. The third kappa shape index (κ3) is 4.98. The third-order valence-corrected chi connectivity index (χ3v) is 7.25. The monoisotopic (exact) mass is 510 g/mol. The van der Waals surface area contributed by atoms with Gasteiger partial charge in [0, 0.05) is 4.88 Å². The van der Waals surface area contributed by atoms with Crippen molar-refractivity contribution in [3.63, 3.8) is 0 Å². The van der Waals surface area contributed by atoms with E-state index in [9.17, 15) is 9.59 Å². The SMILES string of the molecule is CCOC(=O)c1c(NC(=O)CSc2nc3ccccc3o2)sc(C)c1Cc1ccc2c(c1)OCO2. The van der Waals surface area contributed by atoms with Gasteiger partial charge in [0.1, 0.15) is 10.5 Å². The van der Waals surface area contributed by atoms with Crippen LogP contribution in [0.15, 0.2) is 52.1 Å². The molecule has 0 saturated carbocycles. The number of anilines is 1. The molecule has 0 fully saturated rings. The van der Waals surface area contributed by atoms with Gasteiger partial charge in [0.15, 0.2) is 17.1 Å². The van der Waals surface area contributed by atoms with E-state index in [1.54, 1.807) is 6.92 Å². The van der Waals surface area contributed by atoms with Gasteiger partial charge in [0.05, 0.1) is 17.9 Å². The van der Waals surface area contributed by atoms with Crippen LogP contribution in [-0.2, 0) is 16.0 Å². The zero-order valence-electron chi connectivity index (χ0n) is 19.1. The maximum absolute atomic E-state index is 12.9. The van der Waals surface area contributed by atoms with Crippen LogP contribution in [0.3, 0.4) is 0 Å². The average Bonchev–Trinajstić information content (AvgIpc) is 3.55. The number of thioether (sulfide) groups is 1. The second kappa shape index (κ2) is 10.0. The van der Waals surface area contributed by atoms with Gasteiger partial charge in [0.25, 0.3) is 5.22 Å². The second-order valence-corrected chi connectivity index (χ2v) is 9.86. The van der Waals surface area contributed by atoms with Crippen LogP contribution in [0, 0.1) is 6.92 Å². The molecule has 0 unspecified atom stereocenters.